The number of benzene rings is 2. The lowest BCUT2D eigenvalue weighted by molar-refractivity contribution is -0.174. The Morgan fingerprint density at radius 2 is 1.93 bits per heavy atom. The third kappa shape index (κ3) is 4.02. The number of carbonyl (C=O) groups is 3. The molecule has 216 valence electrons. The van der Waals surface area contributed by atoms with Gasteiger partial charge in [-0.1, -0.05) is 36.4 Å². The Labute approximate surface area is 235 Å². The van der Waals surface area contributed by atoms with Gasteiger partial charge in [0, 0.05) is 23.6 Å². The van der Waals surface area contributed by atoms with E-state index in [0.29, 0.717) is 30.9 Å². The van der Waals surface area contributed by atoms with Gasteiger partial charge in [0.05, 0.1) is 24.5 Å². The zero-order valence-electron chi connectivity index (χ0n) is 22.6. The van der Waals surface area contributed by atoms with Crippen LogP contribution in [0.25, 0.3) is 0 Å². The van der Waals surface area contributed by atoms with Gasteiger partial charge < -0.3 is 39.2 Å². The molecule has 0 aromatic heterocycles. The summed E-state index contributed by atoms with van der Waals surface area (Å²) in [7, 11) is 3.52. The number of methoxy groups -OCH3 is 1. The first-order valence-electron chi connectivity index (χ1n) is 13.5. The summed E-state index contributed by atoms with van der Waals surface area (Å²) in [6.07, 6.45) is -2.22. The van der Waals surface area contributed by atoms with Crippen LogP contribution >= 0.6 is 0 Å². The van der Waals surface area contributed by atoms with Crippen LogP contribution < -0.4 is 9.47 Å². The SMILES string of the molecule is COc1ccc2c3c1O[C@@H]1C(OC(=O)[C@@H](O)CC(=O)O[C@H](C(=O)O)c4ccccc4)=CC[C@]4(O)[C@H](C2)N(C)CC[C@@]314. The number of carbonyl (C=O) groups excluding carboxylic acids is 2. The Morgan fingerprint density at radius 3 is 2.63 bits per heavy atom. The quantitative estimate of drug-likeness (QED) is 0.401. The maximum absolute atomic E-state index is 13.0. The number of hydrogen-bond acceptors (Lipinski definition) is 10. The number of ether oxygens (including phenoxy) is 4. The van der Waals surface area contributed by atoms with Crippen molar-refractivity contribution < 1.29 is 48.7 Å². The highest BCUT2D eigenvalue weighted by atomic mass is 16.6. The Hall–Kier alpha value is -3.93. The van der Waals surface area contributed by atoms with E-state index < -0.39 is 53.7 Å². The van der Waals surface area contributed by atoms with Crippen molar-refractivity contribution in [2.75, 3.05) is 20.7 Å². The standard InChI is InChI=1S/C30H31NO10/c1-31-13-12-29-23-17-8-9-19(38-2)25(23)41-26(29)20(10-11-30(29,37)21(31)14-17)39-28(36)18(32)15-22(33)40-24(27(34)35)16-6-4-3-5-7-16/h3-10,18,21,24,26,32,37H,11-15H2,1-2H3,(H,34,35)/t18-,21-,24-,26+,29+,30-/m0/s1. The molecule has 6 rings (SSSR count). The fourth-order valence-electron chi connectivity index (χ4n) is 7.08. The molecule has 0 unspecified atom stereocenters. The lowest BCUT2D eigenvalue weighted by Gasteiger charge is -2.61. The van der Waals surface area contributed by atoms with Crippen molar-refractivity contribution in [1.82, 2.24) is 4.90 Å². The van der Waals surface area contributed by atoms with Crippen molar-refractivity contribution >= 4 is 17.9 Å². The van der Waals surface area contributed by atoms with Crippen LogP contribution in [0.15, 0.2) is 54.3 Å². The molecule has 2 bridgehead atoms. The molecular weight excluding hydrogens is 534 g/mol. The van der Waals surface area contributed by atoms with Crippen LogP contribution in [0.5, 0.6) is 11.5 Å². The largest absolute Gasteiger partial charge is 0.493 e. The van der Waals surface area contributed by atoms with Crippen LogP contribution in [-0.2, 0) is 35.7 Å². The first-order chi connectivity index (χ1) is 19.6. The van der Waals surface area contributed by atoms with Crippen molar-refractivity contribution in [2.45, 2.75) is 61.1 Å². The van der Waals surface area contributed by atoms with E-state index in [4.69, 9.17) is 18.9 Å². The van der Waals surface area contributed by atoms with Gasteiger partial charge >= 0.3 is 17.9 Å². The highest BCUT2D eigenvalue weighted by Crippen LogP contribution is 2.65. The van der Waals surface area contributed by atoms with E-state index in [1.165, 1.54) is 19.2 Å². The predicted molar refractivity (Wildman–Crippen MR) is 141 cm³/mol. The second-order valence-corrected chi connectivity index (χ2v) is 11.0. The summed E-state index contributed by atoms with van der Waals surface area (Å²) in [4.78, 5) is 39.3. The molecule has 1 fully saturated rings. The van der Waals surface area contributed by atoms with Crippen molar-refractivity contribution in [2.24, 2.45) is 0 Å². The van der Waals surface area contributed by atoms with Crippen LogP contribution in [-0.4, -0.2) is 82.7 Å². The predicted octanol–water partition coefficient (Wildman–Crippen LogP) is 1.64. The van der Waals surface area contributed by atoms with Crippen molar-refractivity contribution in [1.29, 1.82) is 0 Å². The number of likely N-dealkylation sites (tertiary alicyclic amines) is 1. The molecule has 11 nitrogen and oxygen atoms in total. The molecule has 1 spiro atoms. The molecule has 11 heteroatoms. The number of carboxylic acid groups (broad SMARTS) is 1. The normalized spacial score (nSPS) is 28.8. The average molecular weight is 566 g/mol. The van der Waals surface area contributed by atoms with Gasteiger partial charge in [0.15, 0.2) is 23.7 Å². The summed E-state index contributed by atoms with van der Waals surface area (Å²) in [6, 6.07) is 11.5. The number of aliphatic carboxylic acids is 1. The highest BCUT2D eigenvalue weighted by molar-refractivity contribution is 5.84. The number of nitrogens with zero attached hydrogens (tertiary/aromatic N) is 1. The molecule has 2 aromatic rings. The Balaban J connectivity index is 1.23. The van der Waals surface area contributed by atoms with Crippen LogP contribution in [0.2, 0.25) is 0 Å². The summed E-state index contributed by atoms with van der Waals surface area (Å²) in [6.45, 7) is 0.685. The summed E-state index contributed by atoms with van der Waals surface area (Å²) in [5, 5.41) is 32.3. The van der Waals surface area contributed by atoms with E-state index in [-0.39, 0.29) is 23.8 Å². The molecule has 2 heterocycles. The van der Waals surface area contributed by atoms with E-state index in [1.54, 1.807) is 24.3 Å². The van der Waals surface area contributed by atoms with Gasteiger partial charge in [-0.25, -0.2) is 9.59 Å². The minimum Gasteiger partial charge on any atom is -0.493 e. The molecule has 3 N–H and O–H groups in total. The summed E-state index contributed by atoms with van der Waals surface area (Å²) in [5.41, 5.74) is 0.0320. The number of esters is 2. The van der Waals surface area contributed by atoms with Gasteiger partial charge in [-0.05, 0) is 44.1 Å². The maximum atomic E-state index is 13.0. The molecule has 41 heavy (non-hydrogen) atoms. The van der Waals surface area contributed by atoms with Crippen molar-refractivity contribution in [3.63, 3.8) is 0 Å². The van der Waals surface area contributed by atoms with E-state index in [0.717, 1.165) is 11.1 Å². The van der Waals surface area contributed by atoms with Gasteiger partial charge in [-0.2, -0.15) is 0 Å². The number of hydrogen-bond donors (Lipinski definition) is 3. The second-order valence-electron chi connectivity index (χ2n) is 11.0. The van der Waals surface area contributed by atoms with E-state index in [2.05, 4.69) is 4.90 Å². The Kier molecular flexibility index (Phi) is 6.55. The highest BCUT2D eigenvalue weighted by Gasteiger charge is 2.72. The summed E-state index contributed by atoms with van der Waals surface area (Å²) < 4.78 is 22.7. The first-order valence-corrected chi connectivity index (χ1v) is 13.5. The van der Waals surface area contributed by atoms with Gasteiger partial charge in [-0.3, -0.25) is 4.79 Å². The fraction of sp³-hybridized carbons (Fsp3) is 0.433. The molecule has 2 aromatic carbocycles. The minimum absolute atomic E-state index is 0.134. The number of aliphatic hydroxyl groups excluding tert-OH is 1. The Bertz CT molecular complexity index is 1440. The van der Waals surface area contributed by atoms with Crippen LogP contribution in [0.4, 0.5) is 0 Å². The topological polar surface area (TPSA) is 152 Å². The van der Waals surface area contributed by atoms with Gasteiger partial charge in [0.1, 0.15) is 5.76 Å². The fourth-order valence-corrected chi connectivity index (χ4v) is 7.08. The molecule has 1 saturated heterocycles. The summed E-state index contributed by atoms with van der Waals surface area (Å²) in [5.74, 6) is -2.45. The zero-order chi connectivity index (χ0) is 29.1. The lowest BCUT2D eigenvalue weighted by atomic mass is 9.50. The van der Waals surface area contributed by atoms with Gasteiger partial charge in [0.25, 0.3) is 0 Å². The molecule has 6 atom stereocenters. The maximum Gasteiger partial charge on any atom is 0.349 e. The van der Waals surface area contributed by atoms with Crippen LogP contribution in [0.1, 0.15) is 42.1 Å². The van der Waals surface area contributed by atoms with Crippen LogP contribution in [0.3, 0.4) is 0 Å². The minimum atomic E-state index is -1.92. The average Bonchev–Trinajstić information content (AvgIpc) is 3.31. The Morgan fingerprint density at radius 1 is 1.17 bits per heavy atom. The van der Waals surface area contributed by atoms with Gasteiger partial charge in [-0.15, -0.1) is 0 Å². The molecule has 0 saturated carbocycles. The van der Waals surface area contributed by atoms with E-state index >= 15 is 0 Å². The molecule has 0 amide bonds. The van der Waals surface area contributed by atoms with E-state index in [9.17, 15) is 29.7 Å². The number of carboxylic acids is 1. The smallest absolute Gasteiger partial charge is 0.349 e. The molecule has 2 aliphatic carbocycles. The molecule has 0 radical (unpaired) electrons. The third-order valence-corrected chi connectivity index (χ3v) is 8.98. The summed E-state index contributed by atoms with van der Waals surface area (Å²) >= 11 is 0. The first kappa shape index (κ1) is 27.3. The second kappa shape index (κ2) is 9.86. The number of aliphatic hydroxyl groups is 2. The molecule has 2 aliphatic heterocycles. The number of rotatable bonds is 8. The van der Waals surface area contributed by atoms with Crippen molar-refractivity contribution in [3.05, 3.63) is 71.0 Å². The zero-order valence-corrected chi connectivity index (χ0v) is 22.6. The molecule has 4 aliphatic rings. The monoisotopic (exact) mass is 565 g/mol. The molecular formula is C30H31NO10. The van der Waals surface area contributed by atoms with Crippen LogP contribution in [0, 0.1) is 0 Å². The van der Waals surface area contributed by atoms with E-state index in [1.807, 2.05) is 19.2 Å². The van der Waals surface area contributed by atoms with Gasteiger partial charge in [0.2, 0.25) is 6.10 Å². The number of likely N-dealkylation sites (N-methyl/N-ethyl adjacent to an activating group) is 1. The number of piperidine rings is 1. The van der Waals surface area contributed by atoms with Crippen molar-refractivity contribution in [3.8, 4) is 11.5 Å². The lowest BCUT2D eigenvalue weighted by Crippen LogP contribution is -2.74. The third-order valence-electron chi connectivity index (χ3n) is 8.98.